The first-order valence-electron chi connectivity index (χ1n) is 21.6. The highest BCUT2D eigenvalue weighted by atomic mass is 31.3. The van der Waals surface area contributed by atoms with Gasteiger partial charge in [0.1, 0.15) is 54.6 Å². The lowest BCUT2D eigenvalue weighted by Crippen LogP contribution is -2.39. The van der Waals surface area contributed by atoms with Crippen LogP contribution in [0.4, 0.5) is 11.8 Å². The fourth-order valence-corrected chi connectivity index (χ4v) is 12.9. The molecule has 8 rings (SSSR count). The first-order valence-corrected chi connectivity index (χ1v) is 27.5. The summed E-state index contributed by atoms with van der Waals surface area (Å²) in [5.74, 6) is -1.30. The maximum absolute atomic E-state index is 13.5. The molecule has 0 spiro atoms. The number of ether oxygens (including phenoxy) is 5. The minimum absolute atomic E-state index is 0.00547. The number of phosphoric ester groups is 3. The van der Waals surface area contributed by atoms with E-state index in [9.17, 15) is 67.5 Å². The molecule has 12 N–H and O–H groups in total. The van der Waals surface area contributed by atoms with Crippen molar-refractivity contribution >= 4 is 65.4 Å². The number of H-pyrrole nitrogens is 2. The molecule has 16 atom stereocenters. The Morgan fingerprint density at radius 3 is 2.08 bits per heavy atom. The smallest absolute Gasteiger partial charge is 0.490 e. The van der Waals surface area contributed by atoms with E-state index >= 15 is 0 Å². The van der Waals surface area contributed by atoms with Crippen molar-refractivity contribution in [3.63, 3.8) is 0 Å². The van der Waals surface area contributed by atoms with E-state index in [1.54, 1.807) is 0 Å². The van der Waals surface area contributed by atoms with Gasteiger partial charge in [-0.25, -0.2) is 38.0 Å². The number of hydrogen-bond acceptors (Lipinski definition) is 28. The molecular weight excluding hydrogens is 1100 g/mol. The number of hydrogen-bond donors (Lipinski definition) is 10. The molecule has 3 aliphatic heterocycles. The lowest BCUT2D eigenvalue weighted by atomic mass is 9.95. The number of anilines is 2. The Morgan fingerprint density at radius 1 is 0.773 bits per heavy atom. The number of imidazole rings is 2. The van der Waals surface area contributed by atoms with Crippen LogP contribution in [0.1, 0.15) is 25.1 Å². The molecule has 414 valence electrons. The topological polar surface area (TPSA) is 519 Å². The number of aliphatic hydroxyl groups is 3. The highest BCUT2D eigenvalue weighted by molar-refractivity contribution is 7.66. The van der Waals surface area contributed by atoms with Crippen molar-refractivity contribution < 1.29 is 108 Å². The van der Waals surface area contributed by atoms with Gasteiger partial charge in [-0.3, -0.25) is 42.3 Å². The number of rotatable bonds is 22. The van der Waals surface area contributed by atoms with Gasteiger partial charge < -0.3 is 79.1 Å². The van der Waals surface area contributed by atoms with Gasteiger partial charge in [0.15, 0.2) is 23.9 Å². The average Bonchev–Trinajstić information content (AvgIpc) is 4.12. The number of methoxy groups -OCH3 is 2. The van der Waals surface area contributed by atoms with Gasteiger partial charge in [-0.1, -0.05) is 0 Å². The second kappa shape index (κ2) is 22.0. The SMILES string of the molecule is COCC[C@H]1[C@@H](O)[C@H](n2c[n+](C)c3c(=O)[nH]c(N)nc32)O[C@@H]1COP(=O)(O)OP(=O)(O)OP(=O)(O)OC[C@H]1O[C@@H](n2cnc3c(N)ncnc32)[C@H](OC)[C@@H]1OP(=O)([O-])OC[C@H]1O[C@@H](n2ccc(=O)[nH]c2=O)[C@H](O)[C@@H]1O. The maximum Gasteiger partial charge on any atom is 0.490 e. The Morgan fingerprint density at radius 2 is 1.41 bits per heavy atom. The molecule has 75 heavy (non-hydrogen) atoms. The highest BCUT2D eigenvalue weighted by Crippen LogP contribution is 2.68. The second-order valence-electron chi connectivity index (χ2n) is 16.6. The zero-order valence-corrected chi connectivity index (χ0v) is 42.4. The molecule has 3 saturated heterocycles. The van der Waals surface area contributed by atoms with Crippen LogP contribution in [-0.4, -0.2) is 163 Å². The van der Waals surface area contributed by atoms with Crippen LogP contribution in [-0.2, 0) is 75.7 Å². The van der Waals surface area contributed by atoms with E-state index in [1.807, 2.05) is 4.98 Å². The number of nitrogens with zero attached hydrogens (tertiary/aromatic N) is 8. The van der Waals surface area contributed by atoms with Crippen LogP contribution < -0.4 is 37.7 Å². The summed E-state index contributed by atoms with van der Waals surface area (Å²) in [5, 5.41) is 32.6. The van der Waals surface area contributed by atoms with Crippen LogP contribution in [0, 0.1) is 5.92 Å². The zero-order valence-electron chi connectivity index (χ0n) is 38.8. The first kappa shape index (κ1) is 56.6. The number of aliphatic hydroxyl groups excluding tert-OH is 3. The van der Waals surface area contributed by atoms with Crippen LogP contribution >= 0.6 is 31.3 Å². The van der Waals surface area contributed by atoms with Gasteiger partial charge in [0.05, 0.1) is 39.3 Å². The number of aromatic amines is 2. The summed E-state index contributed by atoms with van der Waals surface area (Å²) in [6, 6.07) is 0.916. The van der Waals surface area contributed by atoms with Crippen LogP contribution in [0.2, 0.25) is 0 Å². The van der Waals surface area contributed by atoms with Crippen molar-refractivity contribution in [1.29, 1.82) is 0 Å². The molecule has 0 radical (unpaired) electrons. The van der Waals surface area contributed by atoms with E-state index in [0.717, 1.165) is 36.6 Å². The number of fused-ring (bicyclic) bond motifs is 2. The Balaban J connectivity index is 0.942. The van der Waals surface area contributed by atoms with Crippen molar-refractivity contribution in [2.45, 2.75) is 73.9 Å². The lowest BCUT2D eigenvalue weighted by Gasteiger charge is -2.31. The molecule has 0 aromatic carbocycles. The summed E-state index contributed by atoms with van der Waals surface area (Å²) < 4.78 is 114. The fourth-order valence-electron chi connectivity index (χ4n) is 8.48. The van der Waals surface area contributed by atoms with Crippen LogP contribution in [0.15, 0.2) is 45.6 Å². The normalized spacial score (nSPS) is 30.4. The van der Waals surface area contributed by atoms with Crippen molar-refractivity contribution in [2.24, 2.45) is 13.0 Å². The Bertz CT molecular complexity index is 3280. The highest BCUT2D eigenvalue weighted by Gasteiger charge is 2.53. The van der Waals surface area contributed by atoms with Crippen molar-refractivity contribution in [3.05, 3.63) is 62.4 Å². The molecule has 41 heteroatoms. The molecule has 5 aromatic rings. The number of nitrogen functional groups attached to an aromatic ring is 2. The van der Waals surface area contributed by atoms with E-state index in [2.05, 4.69) is 33.5 Å². The number of aryl methyl sites for hydroxylation is 1. The van der Waals surface area contributed by atoms with Gasteiger partial charge >= 0.3 is 34.7 Å². The van der Waals surface area contributed by atoms with E-state index in [0.29, 0.717) is 0 Å². The molecule has 0 aliphatic carbocycles. The molecule has 3 aliphatic rings. The summed E-state index contributed by atoms with van der Waals surface area (Å²) in [7, 11) is -19.7. The van der Waals surface area contributed by atoms with Gasteiger partial charge in [-0.15, -0.1) is 0 Å². The Kier molecular flexibility index (Phi) is 16.6. The number of nitrogens with one attached hydrogen (secondary N) is 2. The van der Waals surface area contributed by atoms with E-state index in [4.69, 9.17) is 53.2 Å². The summed E-state index contributed by atoms with van der Waals surface area (Å²) in [6.45, 7) is -3.27. The maximum atomic E-state index is 13.5. The standard InChI is InChI=1S/C34H48N12O25P4/c1-43-13-46(28-20(43)29(51)42-33(36)41-28)30-21(48)14(5-7-61-2)15(66-30)8-64-73(55,56)70-75(59,60)71-74(57,58)65-10-17-24(25(62-3)32(68-17)45-12-39-19-26(35)37-11-38-27(19)45)69-72(53,54)63-9-16-22(49)23(50)31(67-16)44-6-4-18(47)40-34(44)52/h4,6,11-17,21-25,30-32,48-50H,5,7-10H2,1-3H3,(H9-,35,36,37,38,40,41,42,47,51,52,53,54,55,56,57,58,59,60)/t14-,15-,16-,17-,21-,22-,23-,24-,25-,30-,31-,32-/m1/s1. The van der Waals surface area contributed by atoms with Crippen LogP contribution in [0.3, 0.4) is 0 Å². The summed E-state index contributed by atoms with van der Waals surface area (Å²) >= 11 is 0. The minimum atomic E-state index is -6.19. The first-order chi connectivity index (χ1) is 35.2. The van der Waals surface area contributed by atoms with Gasteiger partial charge in [0.2, 0.25) is 18.5 Å². The Labute approximate surface area is 417 Å². The molecule has 5 aromatic heterocycles. The average molecular weight is 1150 g/mol. The van der Waals surface area contributed by atoms with E-state index in [1.165, 1.54) is 34.2 Å². The van der Waals surface area contributed by atoms with E-state index in [-0.39, 0.29) is 47.1 Å². The fraction of sp³-hybridized carbons (Fsp3) is 0.588. The summed E-state index contributed by atoms with van der Waals surface area (Å²) in [4.78, 5) is 102. The Hall–Kier alpha value is -4.62. The monoisotopic (exact) mass is 1150 g/mol. The van der Waals surface area contributed by atoms with Crippen molar-refractivity contribution in [1.82, 2.24) is 43.6 Å². The number of nitrogens with two attached hydrogens (primary N) is 2. The molecular formula is C34H48N12O25P4. The molecule has 0 saturated carbocycles. The molecule has 0 amide bonds. The largest absolute Gasteiger partial charge is 0.756 e. The third-order valence-corrected chi connectivity index (χ3v) is 17.0. The summed E-state index contributed by atoms with van der Waals surface area (Å²) in [5.41, 5.74) is 9.27. The lowest BCUT2D eigenvalue weighted by molar-refractivity contribution is -0.646. The van der Waals surface area contributed by atoms with Crippen LogP contribution in [0.25, 0.3) is 22.3 Å². The third kappa shape index (κ3) is 12.2. The number of phosphoric acid groups is 4. The van der Waals surface area contributed by atoms with Gasteiger partial charge in [0.25, 0.3) is 24.5 Å². The van der Waals surface area contributed by atoms with E-state index < -0.39 is 141 Å². The van der Waals surface area contributed by atoms with Gasteiger partial charge in [-0.2, -0.15) is 18.2 Å². The second-order valence-corrected chi connectivity index (χ2v) is 22.6. The third-order valence-electron chi connectivity index (χ3n) is 11.8. The van der Waals surface area contributed by atoms with Gasteiger partial charge in [-0.05, 0) is 6.42 Å². The predicted octanol–water partition coefficient (Wildman–Crippen LogP) is -4.22. The minimum Gasteiger partial charge on any atom is -0.756 e. The molecule has 8 heterocycles. The molecule has 37 nitrogen and oxygen atoms in total. The van der Waals surface area contributed by atoms with Gasteiger partial charge in [0, 0.05) is 39.0 Å². The van der Waals surface area contributed by atoms with Crippen molar-refractivity contribution in [3.8, 4) is 0 Å². The quantitative estimate of drug-likeness (QED) is 0.0232. The predicted molar refractivity (Wildman–Crippen MR) is 240 cm³/mol. The van der Waals surface area contributed by atoms with Crippen LogP contribution in [0.5, 0.6) is 0 Å². The molecule has 4 unspecified atom stereocenters. The molecule has 0 bridgehead atoms. The molecule has 3 fully saturated rings. The number of aromatic nitrogens is 10. The summed E-state index contributed by atoms with van der Waals surface area (Å²) in [6.07, 6.45) is -13.4. The zero-order chi connectivity index (χ0) is 54.5. The van der Waals surface area contributed by atoms with Crippen molar-refractivity contribution in [2.75, 3.05) is 52.1 Å².